The van der Waals surface area contributed by atoms with Gasteiger partial charge in [-0.3, -0.25) is 9.05 Å². The first-order valence-corrected chi connectivity index (χ1v) is 22.8. The van der Waals surface area contributed by atoms with Gasteiger partial charge in [-0.05, 0) is 119 Å². The third-order valence-corrected chi connectivity index (χ3v) is 19.0. The zero-order valence-electron chi connectivity index (χ0n) is 30.3. The van der Waals surface area contributed by atoms with Gasteiger partial charge >= 0.3 is 7.82 Å². The van der Waals surface area contributed by atoms with Crippen LogP contribution in [0.4, 0.5) is 0 Å². The standard InChI is InChI=1S/C39H63O6PSi/c1-8-47(9-2,10-3)45-38(5,6)24-14-16-29(4)34-22-23-35-31(17-15-25-39(34,35)7)21-20-30-26-36(40)33-28-42-46(41,44-37(33)27-30)43-32-18-12-11-13-19-32/h11-13,18-21,29,33-37,40H,8-10,14-17,22-28H2,1-7H3/b30-20-,31-21+/t29-,33+,34-,35+,36-,37-,39-,46-/m1/s1. The topological polar surface area (TPSA) is 74.2 Å². The Balaban J connectivity index is 1.19. The lowest BCUT2D eigenvalue weighted by Gasteiger charge is -2.44. The molecule has 264 valence electrons. The van der Waals surface area contributed by atoms with Crippen molar-refractivity contribution >= 4 is 16.1 Å². The van der Waals surface area contributed by atoms with Gasteiger partial charge in [0.2, 0.25) is 0 Å². The van der Waals surface area contributed by atoms with E-state index in [1.165, 1.54) is 56.7 Å². The fraction of sp³-hybridized carbons (Fsp3) is 0.744. The van der Waals surface area contributed by atoms with Crippen molar-refractivity contribution in [1.82, 2.24) is 0 Å². The summed E-state index contributed by atoms with van der Waals surface area (Å²) in [5.41, 5.74) is 3.06. The summed E-state index contributed by atoms with van der Waals surface area (Å²) in [5, 5.41) is 11.0. The van der Waals surface area contributed by atoms with Gasteiger partial charge in [-0.25, -0.2) is 4.57 Å². The van der Waals surface area contributed by atoms with Crippen LogP contribution >= 0.6 is 7.82 Å². The summed E-state index contributed by atoms with van der Waals surface area (Å²) in [6.45, 7) is 16.9. The number of allylic oxidation sites excluding steroid dienone is 3. The lowest BCUT2D eigenvalue weighted by molar-refractivity contribution is -0.0633. The molecule has 1 heterocycles. The Morgan fingerprint density at radius 2 is 1.83 bits per heavy atom. The van der Waals surface area contributed by atoms with Gasteiger partial charge < -0.3 is 14.1 Å². The Labute approximate surface area is 286 Å². The smallest absolute Gasteiger partial charge is 0.412 e. The molecule has 4 aliphatic rings. The van der Waals surface area contributed by atoms with E-state index in [0.717, 1.165) is 24.3 Å². The van der Waals surface area contributed by atoms with Crippen LogP contribution in [0.1, 0.15) is 113 Å². The number of benzene rings is 1. The van der Waals surface area contributed by atoms with Gasteiger partial charge in [0.05, 0.1) is 24.4 Å². The molecule has 8 atom stereocenters. The number of aliphatic hydroxyl groups excluding tert-OH is 1. The van der Waals surface area contributed by atoms with Crippen LogP contribution in [0.3, 0.4) is 0 Å². The number of aliphatic hydroxyl groups is 1. The molecule has 0 aromatic heterocycles. The lowest BCUT2D eigenvalue weighted by Crippen LogP contribution is -2.44. The van der Waals surface area contributed by atoms with E-state index in [0.29, 0.717) is 35.8 Å². The van der Waals surface area contributed by atoms with Gasteiger partial charge in [0, 0.05) is 5.92 Å². The summed E-state index contributed by atoms with van der Waals surface area (Å²) < 4.78 is 37.5. The highest BCUT2D eigenvalue weighted by Crippen LogP contribution is 2.60. The van der Waals surface area contributed by atoms with Gasteiger partial charge in [0.15, 0.2) is 8.32 Å². The minimum absolute atomic E-state index is 0.0292. The summed E-state index contributed by atoms with van der Waals surface area (Å²) in [7, 11) is -5.36. The SMILES string of the molecule is CC[Si](CC)(CC)OC(C)(C)CCC[C@@H](C)[C@H]1CC[C@H]2/C(=C/C=C3/C[C@@H](O)[C@@H]4CO[P@](=O)(Oc5ccccc5)O[C@@H]4C3)CCC[C@]12C. The van der Waals surface area contributed by atoms with Gasteiger partial charge in [0.25, 0.3) is 0 Å². The number of rotatable bonds is 13. The van der Waals surface area contributed by atoms with Crippen molar-refractivity contribution in [3.63, 3.8) is 0 Å². The van der Waals surface area contributed by atoms with Crippen LogP contribution in [0, 0.1) is 29.1 Å². The van der Waals surface area contributed by atoms with Crippen molar-refractivity contribution in [2.45, 2.75) is 149 Å². The third kappa shape index (κ3) is 8.57. The Morgan fingerprint density at radius 3 is 2.53 bits per heavy atom. The maximum Gasteiger partial charge on any atom is 0.530 e. The quantitative estimate of drug-likeness (QED) is 0.164. The fourth-order valence-corrected chi connectivity index (χ4v) is 14.4. The molecule has 3 aliphatic carbocycles. The minimum Gasteiger partial charge on any atom is -0.412 e. The van der Waals surface area contributed by atoms with Gasteiger partial charge in [-0.2, -0.15) is 0 Å². The molecule has 0 spiro atoms. The van der Waals surface area contributed by atoms with Crippen molar-refractivity contribution in [3.8, 4) is 5.75 Å². The Morgan fingerprint density at radius 1 is 1.11 bits per heavy atom. The maximum atomic E-state index is 13.3. The van der Waals surface area contributed by atoms with E-state index in [4.69, 9.17) is 18.0 Å². The molecule has 1 aliphatic heterocycles. The second-order valence-electron chi connectivity index (χ2n) is 16.1. The monoisotopic (exact) mass is 686 g/mol. The largest absolute Gasteiger partial charge is 0.530 e. The normalized spacial score (nSPS) is 35.4. The summed E-state index contributed by atoms with van der Waals surface area (Å²) >= 11 is 0. The van der Waals surface area contributed by atoms with Crippen LogP contribution in [-0.2, 0) is 18.0 Å². The van der Waals surface area contributed by atoms with Crippen molar-refractivity contribution in [1.29, 1.82) is 0 Å². The van der Waals surface area contributed by atoms with Crippen LogP contribution in [0.25, 0.3) is 0 Å². The van der Waals surface area contributed by atoms with Crippen LogP contribution in [0.2, 0.25) is 18.1 Å². The number of hydrogen-bond acceptors (Lipinski definition) is 6. The molecule has 1 saturated heterocycles. The highest BCUT2D eigenvalue weighted by atomic mass is 31.2. The second-order valence-corrected chi connectivity index (χ2v) is 22.3. The predicted molar refractivity (Wildman–Crippen MR) is 194 cm³/mol. The van der Waals surface area contributed by atoms with Gasteiger partial charge in [0.1, 0.15) is 5.75 Å². The summed E-state index contributed by atoms with van der Waals surface area (Å²) in [4.78, 5) is 0. The van der Waals surface area contributed by atoms with E-state index in [9.17, 15) is 9.67 Å². The number of fused-ring (bicyclic) bond motifs is 2. The van der Waals surface area contributed by atoms with Crippen molar-refractivity contribution in [3.05, 3.63) is 53.6 Å². The first kappa shape index (κ1) is 37.1. The van der Waals surface area contributed by atoms with E-state index >= 15 is 0 Å². The summed E-state index contributed by atoms with van der Waals surface area (Å²) in [6.07, 6.45) is 14.9. The van der Waals surface area contributed by atoms with Crippen molar-refractivity contribution in [2.24, 2.45) is 29.1 Å². The van der Waals surface area contributed by atoms with E-state index < -0.39 is 22.2 Å². The van der Waals surface area contributed by atoms with Crippen LogP contribution in [0.5, 0.6) is 5.75 Å². The number of para-hydroxylation sites is 1. The molecular formula is C39H63O6PSi. The van der Waals surface area contributed by atoms with Crippen molar-refractivity contribution in [2.75, 3.05) is 6.61 Å². The van der Waals surface area contributed by atoms with Crippen LogP contribution < -0.4 is 4.52 Å². The predicted octanol–water partition coefficient (Wildman–Crippen LogP) is 11.0. The first-order valence-electron chi connectivity index (χ1n) is 18.8. The highest BCUT2D eigenvalue weighted by Gasteiger charge is 2.51. The van der Waals surface area contributed by atoms with E-state index in [-0.39, 0.29) is 24.2 Å². The average molecular weight is 687 g/mol. The second kappa shape index (κ2) is 15.4. The summed E-state index contributed by atoms with van der Waals surface area (Å²) in [6, 6.07) is 12.6. The molecule has 0 unspecified atom stereocenters. The summed E-state index contributed by atoms with van der Waals surface area (Å²) in [5.74, 6) is 2.36. The molecule has 5 rings (SSSR count). The molecule has 8 heteroatoms. The Hall–Kier alpha value is -1.21. The molecule has 3 saturated carbocycles. The average Bonchev–Trinajstić information content (AvgIpc) is 3.40. The molecule has 0 amide bonds. The van der Waals surface area contributed by atoms with Crippen molar-refractivity contribution < 1.29 is 27.7 Å². The molecule has 1 aromatic rings. The van der Waals surface area contributed by atoms with Crippen LogP contribution in [0.15, 0.2) is 53.6 Å². The maximum absolute atomic E-state index is 13.3. The molecular weight excluding hydrogens is 623 g/mol. The third-order valence-electron chi connectivity index (χ3n) is 12.7. The van der Waals surface area contributed by atoms with E-state index in [1.54, 1.807) is 17.7 Å². The molecule has 0 bridgehead atoms. The van der Waals surface area contributed by atoms with Gasteiger partial charge in [-0.1, -0.05) is 89.0 Å². The Bertz CT molecular complexity index is 1280. The van der Waals surface area contributed by atoms with E-state index in [1.807, 2.05) is 18.2 Å². The highest BCUT2D eigenvalue weighted by molar-refractivity contribution is 7.49. The zero-order valence-corrected chi connectivity index (χ0v) is 32.2. The molecule has 6 nitrogen and oxygen atoms in total. The molecule has 47 heavy (non-hydrogen) atoms. The Kier molecular flexibility index (Phi) is 12.1. The van der Waals surface area contributed by atoms with Crippen LogP contribution in [-0.4, -0.2) is 37.8 Å². The molecule has 1 aromatic carbocycles. The lowest BCUT2D eigenvalue weighted by atomic mass is 9.60. The number of hydrogen-bond donors (Lipinski definition) is 1. The first-order chi connectivity index (χ1) is 22.3. The zero-order chi connectivity index (χ0) is 33.9. The fourth-order valence-electron chi connectivity index (χ4n) is 9.76. The molecule has 4 fully saturated rings. The molecule has 0 radical (unpaired) electrons. The van der Waals surface area contributed by atoms with E-state index in [2.05, 4.69) is 60.6 Å². The van der Waals surface area contributed by atoms with Gasteiger partial charge in [-0.15, -0.1) is 0 Å². The number of phosphoric ester groups is 1. The minimum atomic E-state index is -3.75. The molecule has 1 N–H and O–H groups in total. The number of phosphoric acid groups is 1.